The van der Waals surface area contributed by atoms with Crippen molar-refractivity contribution in [1.82, 2.24) is 10.3 Å². The summed E-state index contributed by atoms with van der Waals surface area (Å²) < 4.78 is 10.2. The lowest BCUT2D eigenvalue weighted by molar-refractivity contribution is 0.0593. The summed E-state index contributed by atoms with van der Waals surface area (Å²) in [7, 11) is 1.31. The zero-order valence-electron chi connectivity index (χ0n) is 17.8. The molecule has 0 radical (unpaired) electrons. The second-order valence-corrected chi connectivity index (χ2v) is 7.36. The lowest BCUT2D eigenvalue weighted by atomic mass is 9.98. The number of ether oxygens (including phenoxy) is 2. The van der Waals surface area contributed by atoms with E-state index in [1.807, 2.05) is 24.3 Å². The summed E-state index contributed by atoms with van der Waals surface area (Å²) in [6.45, 7) is 2.15. The van der Waals surface area contributed by atoms with Crippen molar-refractivity contribution in [2.75, 3.05) is 20.3 Å². The maximum absolute atomic E-state index is 12.2. The minimum atomic E-state index is -0.517. The number of aryl methyl sites for hydroxylation is 1. The van der Waals surface area contributed by atoms with Gasteiger partial charge >= 0.3 is 12.1 Å². The Morgan fingerprint density at radius 3 is 2.34 bits per heavy atom. The van der Waals surface area contributed by atoms with Gasteiger partial charge < -0.3 is 14.8 Å². The minimum Gasteiger partial charge on any atom is -0.464 e. The molecule has 1 N–H and O–H groups in total. The predicted molar refractivity (Wildman–Crippen MR) is 120 cm³/mol. The first-order valence-electron chi connectivity index (χ1n) is 10.2. The summed E-state index contributed by atoms with van der Waals surface area (Å²) in [4.78, 5) is 27.9. The number of rotatable bonds is 4. The standard InChI is InChI=1S/C26H22N2O4/c1-17-14-18(15-28-24(17)25(29)31-2)8-7-13-27-26(30)32-16-23-21-11-5-3-9-19(21)20-10-4-6-12-22(20)23/h3-6,9-12,14-15,23H,13,16H2,1-2H3,(H,27,30). The van der Waals surface area contributed by atoms with Gasteiger partial charge in [-0.15, -0.1) is 0 Å². The van der Waals surface area contributed by atoms with Crippen LogP contribution in [0.5, 0.6) is 0 Å². The summed E-state index contributed by atoms with van der Waals surface area (Å²) in [5.74, 6) is 5.31. The Morgan fingerprint density at radius 1 is 1.06 bits per heavy atom. The van der Waals surface area contributed by atoms with E-state index < -0.39 is 12.1 Å². The number of nitrogens with one attached hydrogen (secondary N) is 1. The van der Waals surface area contributed by atoms with Crippen LogP contribution in [0.15, 0.2) is 60.8 Å². The van der Waals surface area contributed by atoms with Crippen molar-refractivity contribution in [3.63, 3.8) is 0 Å². The van der Waals surface area contributed by atoms with Crippen molar-refractivity contribution < 1.29 is 19.1 Å². The Morgan fingerprint density at radius 2 is 1.72 bits per heavy atom. The maximum Gasteiger partial charge on any atom is 0.407 e. The molecular weight excluding hydrogens is 404 g/mol. The quantitative estimate of drug-likeness (QED) is 0.503. The fraction of sp³-hybridized carbons (Fsp3) is 0.192. The van der Waals surface area contributed by atoms with Gasteiger partial charge in [-0.05, 0) is 40.8 Å². The topological polar surface area (TPSA) is 77.5 Å². The van der Waals surface area contributed by atoms with E-state index >= 15 is 0 Å². The Kier molecular flexibility index (Phi) is 6.18. The Hall–Kier alpha value is -4.11. The van der Waals surface area contributed by atoms with Crippen molar-refractivity contribution in [1.29, 1.82) is 0 Å². The van der Waals surface area contributed by atoms with E-state index in [-0.39, 0.29) is 24.8 Å². The zero-order chi connectivity index (χ0) is 22.5. The molecule has 1 aliphatic rings. The Balaban J connectivity index is 1.33. The van der Waals surface area contributed by atoms with E-state index in [2.05, 4.69) is 51.1 Å². The molecular formula is C26H22N2O4. The minimum absolute atomic E-state index is 0.0154. The molecule has 160 valence electrons. The van der Waals surface area contributed by atoms with Crippen molar-refractivity contribution in [2.45, 2.75) is 12.8 Å². The lowest BCUT2D eigenvalue weighted by Crippen LogP contribution is -2.26. The highest BCUT2D eigenvalue weighted by molar-refractivity contribution is 5.88. The molecule has 2 aromatic carbocycles. The fourth-order valence-electron chi connectivity index (χ4n) is 3.87. The van der Waals surface area contributed by atoms with E-state index in [1.165, 1.54) is 35.6 Å². The van der Waals surface area contributed by atoms with Crippen LogP contribution in [0.4, 0.5) is 4.79 Å². The summed E-state index contributed by atoms with van der Waals surface area (Å²) in [6.07, 6.45) is 0.982. The number of fused-ring (bicyclic) bond motifs is 3. The number of carbonyl (C=O) groups is 2. The number of hydrogen-bond donors (Lipinski definition) is 1. The van der Waals surface area contributed by atoms with Crippen LogP contribution in [0, 0.1) is 18.8 Å². The van der Waals surface area contributed by atoms with Crippen molar-refractivity contribution in [2.24, 2.45) is 0 Å². The third kappa shape index (κ3) is 4.33. The van der Waals surface area contributed by atoms with Crippen LogP contribution in [-0.4, -0.2) is 37.3 Å². The average Bonchev–Trinajstić information content (AvgIpc) is 3.14. The highest BCUT2D eigenvalue weighted by Gasteiger charge is 2.28. The van der Waals surface area contributed by atoms with Gasteiger partial charge in [0.25, 0.3) is 0 Å². The predicted octanol–water partition coefficient (Wildman–Crippen LogP) is 4.07. The first kappa shape index (κ1) is 21.1. The zero-order valence-corrected chi connectivity index (χ0v) is 17.8. The lowest BCUT2D eigenvalue weighted by Gasteiger charge is -2.14. The number of hydrogen-bond acceptors (Lipinski definition) is 5. The largest absolute Gasteiger partial charge is 0.464 e. The Bertz CT molecular complexity index is 1190. The van der Waals surface area contributed by atoms with E-state index in [4.69, 9.17) is 4.74 Å². The van der Waals surface area contributed by atoms with E-state index in [0.717, 1.165) is 0 Å². The average molecular weight is 426 g/mol. The summed E-state index contributed by atoms with van der Waals surface area (Å²) in [6, 6.07) is 18.1. The number of alkyl carbamates (subject to hydrolysis) is 1. The second-order valence-electron chi connectivity index (χ2n) is 7.36. The number of carbonyl (C=O) groups excluding carboxylic acids is 2. The number of aromatic nitrogens is 1. The van der Waals surface area contributed by atoms with E-state index in [1.54, 1.807) is 13.0 Å². The summed E-state index contributed by atoms with van der Waals surface area (Å²) >= 11 is 0. The molecule has 1 aromatic heterocycles. The number of amides is 1. The number of benzene rings is 2. The molecule has 1 heterocycles. The summed E-state index contributed by atoms with van der Waals surface area (Å²) in [5.41, 5.74) is 6.28. The van der Waals surface area contributed by atoms with Gasteiger partial charge in [0.2, 0.25) is 0 Å². The smallest absolute Gasteiger partial charge is 0.407 e. The third-order valence-electron chi connectivity index (χ3n) is 5.35. The fourth-order valence-corrected chi connectivity index (χ4v) is 3.87. The van der Waals surface area contributed by atoms with Crippen molar-refractivity contribution in [3.8, 4) is 23.0 Å². The molecule has 0 saturated carbocycles. The first-order valence-corrected chi connectivity index (χ1v) is 10.2. The SMILES string of the molecule is COC(=O)c1ncc(C#CCNC(=O)OCC2c3ccccc3-c3ccccc32)cc1C. The highest BCUT2D eigenvalue weighted by atomic mass is 16.5. The molecule has 0 aliphatic heterocycles. The molecule has 0 unspecified atom stereocenters. The van der Waals surface area contributed by atoms with Gasteiger partial charge in [-0.3, -0.25) is 0 Å². The molecule has 0 spiro atoms. The molecule has 1 aliphatic carbocycles. The third-order valence-corrected chi connectivity index (χ3v) is 5.35. The first-order chi connectivity index (χ1) is 15.6. The van der Waals surface area contributed by atoms with Gasteiger partial charge in [-0.25, -0.2) is 14.6 Å². The van der Waals surface area contributed by atoms with Gasteiger partial charge in [0.15, 0.2) is 5.69 Å². The molecule has 6 heteroatoms. The van der Waals surface area contributed by atoms with Crippen LogP contribution in [0.2, 0.25) is 0 Å². The number of esters is 1. The van der Waals surface area contributed by atoms with Crippen molar-refractivity contribution >= 4 is 12.1 Å². The van der Waals surface area contributed by atoms with Gasteiger partial charge in [0.05, 0.1) is 13.7 Å². The van der Waals surface area contributed by atoms with Gasteiger partial charge in [-0.1, -0.05) is 60.4 Å². The molecule has 0 saturated heterocycles. The second kappa shape index (κ2) is 9.36. The molecule has 4 rings (SSSR count). The number of nitrogens with zero attached hydrogens (tertiary/aromatic N) is 1. The van der Waals surface area contributed by atoms with Crippen molar-refractivity contribution in [3.05, 3.63) is 88.7 Å². The summed E-state index contributed by atoms with van der Waals surface area (Å²) in [5, 5.41) is 2.65. The molecule has 1 amide bonds. The van der Waals surface area contributed by atoms with Crippen LogP contribution in [0.1, 0.15) is 38.7 Å². The molecule has 0 fully saturated rings. The molecule has 3 aromatic rings. The van der Waals surface area contributed by atoms with Crippen LogP contribution >= 0.6 is 0 Å². The normalized spacial score (nSPS) is 11.6. The Labute approximate surface area is 186 Å². The van der Waals surface area contributed by atoms with Gasteiger partial charge in [-0.2, -0.15) is 0 Å². The molecule has 0 atom stereocenters. The number of pyridine rings is 1. The van der Waals surface area contributed by atoms with Crippen LogP contribution in [0.3, 0.4) is 0 Å². The van der Waals surface area contributed by atoms with Gasteiger partial charge in [0, 0.05) is 17.7 Å². The molecule has 32 heavy (non-hydrogen) atoms. The van der Waals surface area contributed by atoms with Gasteiger partial charge in [0.1, 0.15) is 6.61 Å². The van der Waals surface area contributed by atoms with Crippen LogP contribution in [-0.2, 0) is 9.47 Å². The molecule has 6 nitrogen and oxygen atoms in total. The maximum atomic E-state index is 12.2. The van der Waals surface area contributed by atoms with E-state index in [9.17, 15) is 9.59 Å². The van der Waals surface area contributed by atoms with Crippen LogP contribution < -0.4 is 5.32 Å². The monoisotopic (exact) mass is 426 g/mol. The highest BCUT2D eigenvalue weighted by Crippen LogP contribution is 2.44. The molecule has 0 bridgehead atoms. The number of methoxy groups -OCH3 is 1. The van der Waals surface area contributed by atoms with E-state index in [0.29, 0.717) is 11.1 Å². The van der Waals surface area contributed by atoms with Crippen LogP contribution in [0.25, 0.3) is 11.1 Å².